The van der Waals surface area contributed by atoms with Crippen molar-refractivity contribution in [3.63, 3.8) is 0 Å². The number of hydrogen-bond acceptors (Lipinski definition) is 2. The Morgan fingerprint density at radius 2 is 2.12 bits per heavy atom. The van der Waals surface area contributed by atoms with Gasteiger partial charge in [0.05, 0.1) is 12.1 Å². The molecule has 0 aromatic heterocycles. The number of benzene rings is 1. The minimum absolute atomic E-state index is 0.0286. The average Bonchev–Trinajstić information content (AvgIpc) is 2.54. The minimum Gasteiger partial charge on any atom is -0.495 e. The molecule has 0 spiro atoms. The predicted molar refractivity (Wildman–Crippen MR) is 68.8 cm³/mol. The fourth-order valence-electron chi connectivity index (χ4n) is 2.41. The second-order valence-electron chi connectivity index (χ2n) is 4.51. The summed E-state index contributed by atoms with van der Waals surface area (Å²) < 4.78 is 5.12. The van der Waals surface area contributed by atoms with E-state index in [1.54, 1.807) is 7.11 Å². The highest BCUT2D eigenvalue weighted by molar-refractivity contribution is 6.32. The van der Waals surface area contributed by atoms with Crippen molar-refractivity contribution in [1.29, 1.82) is 0 Å². The molecule has 1 fully saturated rings. The zero-order chi connectivity index (χ0) is 12.3. The number of carbonyl (C=O) groups excluding carboxylic acids is 1. The molecule has 0 saturated heterocycles. The maximum Gasteiger partial charge on any atom is 0.140 e. The Morgan fingerprint density at radius 3 is 2.82 bits per heavy atom. The fraction of sp³-hybridized carbons (Fsp3) is 0.500. The van der Waals surface area contributed by atoms with Gasteiger partial charge in [0.15, 0.2) is 0 Å². The highest BCUT2D eigenvalue weighted by Gasteiger charge is 2.22. The quantitative estimate of drug-likeness (QED) is 0.745. The summed E-state index contributed by atoms with van der Waals surface area (Å²) in [5, 5.41) is 0.585. The number of Topliss-reactive ketones (excluding diaryl/α,β-unsaturated/α-hetero) is 1. The van der Waals surface area contributed by atoms with E-state index in [0.717, 1.165) is 31.2 Å². The maximum absolute atomic E-state index is 12.0. The van der Waals surface area contributed by atoms with Gasteiger partial charge < -0.3 is 4.74 Å². The molecule has 0 heterocycles. The first-order valence-electron chi connectivity index (χ1n) is 6.08. The van der Waals surface area contributed by atoms with Crippen molar-refractivity contribution >= 4 is 17.4 Å². The number of hydrogen-bond donors (Lipinski definition) is 0. The van der Waals surface area contributed by atoms with Crippen LogP contribution < -0.4 is 4.74 Å². The topological polar surface area (TPSA) is 26.3 Å². The average molecular weight is 253 g/mol. The smallest absolute Gasteiger partial charge is 0.140 e. The first kappa shape index (κ1) is 12.4. The minimum atomic E-state index is 0.0286. The van der Waals surface area contributed by atoms with Gasteiger partial charge in [-0.05, 0) is 30.5 Å². The van der Waals surface area contributed by atoms with Crippen molar-refractivity contribution in [1.82, 2.24) is 0 Å². The van der Waals surface area contributed by atoms with Crippen LogP contribution in [0.2, 0.25) is 5.02 Å². The van der Waals surface area contributed by atoms with Crippen molar-refractivity contribution in [3.05, 3.63) is 28.8 Å². The van der Waals surface area contributed by atoms with Crippen LogP contribution in [0.25, 0.3) is 0 Å². The Morgan fingerprint density at radius 1 is 1.29 bits per heavy atom. The molecule has 2 nitrogen and oxygen atoms in total. The van der Waals surface area contributed by atoms with Gasteiger partial charge >= 0.3 is 0 Å². The lowest BCUT2D eigenvalue weighted by atomic mass is 9.91. The number of halogens is 1. The van der Waals surface area contributed by atoms with Gasteiger partial charge in [0.25, 0.3) is 0 Å². The van der Waals surface area contributed by atoms with Gasteiger partial charge in [0, 0.05) is 12.3 Å². The molecule has 1 saturated carbocycles. The van der Waals surface area contributed by atoms with Gasteiger partial charge in [-0.15, -0.1) is 0 Å². The summed E-state index contributed by atoms with van der Waals surface area (Å²) in [6.07, 6.45) is 4.96. The van der Waals surface area contributed by atoms with Crippen LogP contribution in [0.1, 0.15) is 43.6 Å². The lowest BCUT2D eigenvalue weighted by Gasteiger charge is -2.14. The zero-order valence-electron chi connectivity index (χ0n) is 10.0. The summed E-state index contributed by atoms with van der Waals surface area (Å²) in [6, 6.07) is 5.67. The second-order valence-corrected chi connectivity index (χ2v) is 4.92. The van der Waals surface area contributed by atoms with E-state index in [-0.39, 0.29) is 5.92 Å². The molecule has 0 radical (unpaired) electrons. The maximum atomic E-state index is 12.0. The molecular formula is C14H17ClO2. The SMILES string of the molecule is COc1ccc(C2CCCCCC2=O)cc1Cl. The standard InChI is InChI=1S/C14H17ClO2/c1-17-14-8-7-10(9-12(14)15)11-5-3-2-4-6-13(11)16/h7-9,11H,2-6H2,1H3. The van der Waals surface area contributed by atoms with Gasteiger partial charge in [-0.2, -0.15) is 0 Å². The van der Waals surface area contributed by atoms with E-state index >= 15 is 0 Å². The van der Waals surface area contributed by atoms with Crippen molar-refractivity contribution in [3.8, 4) is 5.75 Å². The highest BCUT2D eigenvalue weighted by Crippen LogP contribution is 2.33. The van der Waals surface area contributed by atoms with Crippen LogP contribution in [0.3, 0.4) is 0 Å². The first-order valence-corrected chi connectivity index (χ1v) is 6.46. The fourth-order valence-corrected chi connectivity index (χ4v) is 2.68. The number of rotatable bonds is 2. The normalized spacial score (nSPS) is 21.1. The Kier molecular flexibility index (Phi) is 4.06. The van der Waals surface area contributed by atoms with Gasteiger partial charge in [0.1, 0.15) is 11.5 Å². The summed E-state index contributed by atoms with van der Waals surface area (Å²) >= 11 is 6.10. The Hall–Kier alpha value is -1.02. The first-order chi connectivity index (χ1) is 8.22. The van der Waals surface area contributed by atoms with E-state index < -0.39 is 0 Å². The lowest BCUT2D eigenvalue weighted by molar-refractivity contribution is -0.120. The summed E-state index contributed by atoms with van der Waals surface area (Å²) in [4.78, 5) is 12.0. The zero-order valence-corrected chi connectivity index (χ0v) is 10.8. The molecule has 17 heavy (non-hydrogen) atoms. The lowest BCUT2D eigenvalue weighted by Crippen LogP contribution is -2.10. The molecule has 0 bridgehead atoms. The van der Waals surface area contributed by atoms with E-state index in [9.17, 15) is 4.79 Å². The van der Waals surface area contributed by atoms with Crippen LogP contribution in [-0.2, 0) is 4.79 Å². The third kappa shape index (κ3) is 2.81. The number of ether oxygens (including phenoxy) is 1. The van der Waals surface area contributed by atoms with Crippen molar-refractivity contribution < 1.29 is 9.53 Å². The van der Waals surface area contributed by atoms with Crippen LogP contribution >= 0.6 is 11.6 Å². The third-order valence-electron chi connectivity index (χ3n) is 3.38. The molecule has 1 aromatic carbocycles. The largest absolute Gasteiger partial charge is 0.495 e. The predicted octanol–water partition coefficient (Wildman–Crippen LogP) is 3.97. The molecular weight excluding hydrogens is 236 g/mol. The monoisotopic (exact) mass is 252 g/mol. The number of ketones is 1. The van der Waals surface area contributed by atoms with E-state index in [2.05, 4.69) is 0 Å². The Balaban J connectivity index is 2.26. The Bertz CT molecular complexity index is 415. The molecule has 1 aliphatic rings. The van der Waals surface area contributed by atoms with Crippen LogP contribution in [0.15, 0.2) is 18.2 Å². The number of carbonyl (C=O) groups is 1. The highest BCUT2D eigenvalue weighted by atomic mass is 35.5. The molecule has 92 valence electrons. The second kappa shape index (κ2) is 5.54. The summed E-state index contributed by atoms with van der Waals surface area (Å²) in [6.45, 7) is 0. The van der Waals surface area contributed by atoms with Gasteiger partial charge in [0.2, 0.25) is 0 Å². The van der Waals surface area contributed by atoms with E-state index in [1.807, 2.05) is 18.2 Å². The molecule has 1 atom stereocenters. The van der Waals surface area contributed by atoms with Crippen molar-refractivity contribution in [2.45, 2.75) is 38.0 Å². The van der Waals surface area contributed by atoms with E-state index in [4.69, 9.17) is 16.3 Å². The van der Waals surface area contributed by atoms with E-state index in [1.165, 1.54) is 0 Å². The third-order valence-corrected chi connectivity index (χ3v) is 3.68. The van der Waals surface area contributed by atoms with Crippen LogP contribution in [0.4, 0.5) is 0 Å². The van der Waals surface area contributed by atoms with Crippen LogP contribution in [0, 0.1) is 0 Å². The molecule has 2 rings (SSSR count). The number of methoxy groups -OCH3 is 1. The molecule has 1 aromatic rings. The van der Waals surface area contributed by atoms with E-state index in [0.29, 0.717) is 23.0 Å². The summed E-state index contributed by atoms with van der Waals surface area (Å²) in [5.74, 6) is 1.04. The molecule has 0 amide bonds. The van der Waals surface area contributed by atoms with Crippen LogP contribution in [0.5, 0.6) is 5.75 Å². The van der Waals surface area contributed by atoms with Crippen molar-refractivity contribution in [2.24, 2.45) is 0 Å². The molecule has 1 aliphatic carbocycles. The molecule has 3 heteroatoms. The van der Waals surface area contributed by atoms with Gasteiger partial charge in [-0.3, -0.25) is 4.79 Å². The summed E-state index contributed by atoms with van der Waals surface area (Å²) in [5.41, 5.74) is 1.03. The van der Waals surface area contributed by atoms with Crippen LogP contribution in [-0.4, -0.2) is 12.9 Å². The van der Waals surface area contributed by atoms with Crippen molar-refractivity contribution in [2.75, 3.05) is 7.11 Å². The Labute approximate surface area is 107 Å². The molecule has 0 aliphatic heterocycles. The molecule has 1 unspecified atom stereocenters. The van der Waals surface area contributed by atoms with Gasteiger partial charge in [-0.1, -0.05) is 30.5 Å². The summed E-state index contributed by atoms with van der Waals surface area (Å²) in [7, 11) is 1.59. The van der Waals surface area contributed by atoms with Gasteiger partial charge in [-0.25, -0.2) is 0 Å². The molecule has 0 N–H and O–H groups in total.